The molecule has 0 aromatic heterocycles. The fourth-order valence-electron chi connectivity index (χ4n) is 3.96. The van der Waals surface area contributed by atoms with E-state index in [1.54, 1.807) is 4.90 Å². The fraction of sp³-hybridized carbons (Fsp3) is 0.481. The van der Waals surface area contributed by atoms with Crippen molar-refractivity contribution < 1.29 is 14.3 Å². The highest BCUT2D eigenvalue weighted by Crippen LogP contribution is 2.26. The van der Waals surface area contributed by atoms with Gasteiger partial charge in [-0.25, -0.2) is 4.79 Å². The van der Waals surface area contributed by atoms with E-state index in [-0.39, 0.29) is 18.5 Å². The molecule has 0 spiro atoms. The van der Waals surface area contributed by atoms with Gasteiger partial charge in [-0.1, -0.05) is 56.3 Å². The van der Waals surface area contributed by atoms with Gasteiger partial charge in [0.2, 0.25) is 5.91 Å². The molecule has 184 valence electrons. The Morgan fingerprint density at radius 2 is 1.82 bits per heavy atom. The molecular formula is C27H38N4O3. The first kappa shape index (κ1) is 25.6. The number of carbonyl (C=O) groups is 2. The molecule has 2 aromatic carbocycles. The molecule has 0 aliphatic carbocycles. The number of hydrogen-bond donors (Lipinski definition) is 1. The highest BCUT2D eigenvalue weighted by Gasteiger charge is 2.24. The van der Waals surface area contributed by atoms with Gasteiger partial charge in [-0.2, -0.15) is 0 Å². The van der Waals surface area contributed by atoms with Gasteiger partial charge in [0.15, 0.2) is 0 Å². The fourth-order valence-corrected chi connectivity index (χ4v) is 3.96. The van der Waals surface area contributed by atoms with Crippen LogP contribution in [0.2, 0.25) is 0 Å². The third kappa shape index (κ3) is 7.48. The van der Waals surface area contributed by atoms with Crippen molar-refractivity contribution in [3.8, 4) is 0 Å². The normalized spacial score (nSPS) is 13.1. The Labute approximate surface area is 203 Å². The van der Waals surface area contributed by atoms with E-state index in [2.05, 4.69) is 22.3 Å². The highest BCUT2D eigenvalue weighted by atomic mass is 16.6. The average Bonchev–Trinajstić information content (AvgIpc) is 2.83. The number of nitrogens with one attached hydrogen (secondary N) is 1. The van der Waals surface area contributed by atoms with Crippen molar-refractivity contribution >= 4 is 17.7 Å². The summed E-state index contributed by atoms with van der Waals surface area (Å²) in [7, 11) is 4.03. The number of carbonyl (C=O) groups excluding carboxylic acids is 2. The lowest BCUT2D eigenvalue weighted by Gasteiger charge is -2.30. The van der Waals surface area contributed by atoms with Gasteiger partial charge in [0.05, 0.1) is 13.2 Å². The minimum Gasteiger partial charge on any atom is -0.449 e. The Kier molecular flexibility index (Phi) is 9.33. The molecule has 0 atom stereocenters. The zero-order valence-electron chi connectivity index (χ0n) is 20.9. The minimum absolute atomic E-state index is 0.0676. The highest BCUT2D eigenvalue weighted by molar-refractivity contribution is 5.81. The van der Waals surface area contributed by atoms with Crippen LogP contribution in [0.5, 0.6) is 0 Å². The van der Waals surface area contributed by atoms with Gasteiger partial charge in [0, 0.05) is 38.4 Å². The smallest absolute Gasteiger partial charge is 0.410 e. The molecule has 1 aliphatic heterocycles. The van der Waals surface area contributed by atoms with Crippen LogP contribution < -0.4 is 5.32 Å². The molecule has 0 bridgehead atoms. The summed E-state index contributed by atoms with van der Waals surface area (Å²) in [5.41, 5.74) is 4.36. The molecule has 0 radical (unpaired) electrons. The van der Waals surface area contributed by atoms with Crippen LogP contribution in [0.25, 0.3) is 0 Å². The zero-order valence-corrected chi connectivity index (χ0v) is 20.9. The van der Waals surface area contributed by atoms with Crippen molar-refractivity contribution in [1.29, 1.82) is 0 Å². The van der Waals surface area contributed by atoms with E-state index in [9.17, 15) is 9.59 Å². The first-order valence-corrected chi connectivity index (χ1v) is 12.1. The van der Waals surface area contributed by atoms with Crippen LogP contribution in [0.3, 0.4) is 0 Å². The van der Waals surface area contributed by atoms with Crippen LogP contribution in [0.15, 0.2) is 48.5 Å². The number of hydrogen-bond acceptors (Lipinski definition) is 5. The quantitative estimate of drug-likeness (QED) is 0.576. The Bertz CT molecular complexity index is 946. The number of rotatable bonds is 10. The number of fused-ring (bicyclic) bond motifs is 1. The van der Waals surface area contributed by atoms with Gasteiger partial charge >= 0.3 is 6.09 Å². The van der Waals surface area contributed by atoms with E-state index < -0.39 is 0 Å². The van der Waals surface area contributed by atoms with Gasteiger partial charge in [0.25, 0.3) is 0 Å². The molecule has 7 heteroatoms. The maximum atomic E-state index is 13.1. The summed E-state index contributed by atoms with van der Waals surface area (Å²) in [5, 5.41) is 3.37. The SMILES string of the molecule is CC(C)COC(=O)N1CCc2c(cccc2NCC(=O)N(CCN(C)C)Cc2ccccc2)C1. The molecule has 34 heavy (non-hydrogen) atoms. The first-order valence-electron chi connectivity index (χ1n) is 12.1. The van der Waals surface area contributed by atoms with Crippen molar-refractivity contribution in [2.75, 3.05) is 52.2 Å². The third-order valence-electron chi connectivity index (χ3n) is 5.88. The van der Waals surface area contributed by atoms with E-state index >= 15 is 0 Å². The lowest BCUT2D eigenvalue weighted by molar-refractivity contribution is -0.130. The van der Waals surface area contributed by atoms with Crippen LogP contribution in [0.1, 0.15) is 30.5 Å². The second-order valence-corrected chi connectivity index (χ2v) is 9.54. The molecule has 7 nitrogen and oxygen atoms in total. The Morgan fingerprint density at radius 1 is 1.06 bits per heavy atom. The van der Waals surface area contributed by atoms with Gasteiger partial charge in [0.1, 0.15) is 0 Å². The first-order chi connectivity index (χ1) is 16.3. The summed E-state index contributed by atoms with van der Waals surface area (Å²) in [6.07, 6.45) is 0.475. The lowest BCUT2D eigenvalue weighted by Crippen LogP contribution is -2.40. The molecule has 0 saturated heterocycles. The Hall–Kier alpha value is -3.06. The standard InChI is InChI=1S/C27H38N4O3/c1-21(2)20-34-27(33)31-14-13-24-23(19-31)11-8-12-25(24)28-17-26(32)30(16-15-29(3)4)18-22-9-6-5-7-10-22/h5-12,21,28H,13-20H2,1-4H3. The number of likely N-dealkylation sites (N-methyl/N-ethyl adjacent to an activating group) is 1. The summed E-state index contributed by atoms with van der Waals surface area (Å²) >= 11 is 0. The molecule has 1 aliphatic rings. The van der Waals surface area contributed by atoms with Crippen LogP contribution in [-0.4, -0.2) is 73.6 Å². The van der Waals surface area contributed by atoms with Crippen molar-refractivity contribution in [1.82, 2.24) is 14.7 Å². The summed E-state index contributed by atoms with van der Waals surface area (Å²) < 4.78 is 5.40. The number of benzene rings is 2. The van der Waals surface area contributed by atoms with Crippen molar-refractivity contribution in [2.24, 2.45) is 5.92 Å². The summed E-state index contributed by atoms with van der Waals surface area (Å²) in [5.74, 6) is 0.381. The molecule has 0 unspecified atom stereocenters. The van der Waals surface area contributed by atoms with Crippen LogP contribution >= 0.6 is 0 Å². The topological polar surface area (TPSA) is 65.1 Å². The predicted molar refractivity (Wildman–Crippen MR) is 136 cm³/mol. The van der Waals surface area contributed by atoms with Gasteiger partial charge in [-0.05, 0) is 49.2 Å². The summed E-state index contributed by atoms with van der Waals surface area (Å²) in [4.78, 5) is 31.3. The Morgan fingerprint density at radius 3 is 2.53 bits per heavy atom. The van der Waals surface area contributed by atoms with Gasteiger partial charge in [-0.3, -0.25) is 4.79 Å². The van der Waals surface area contributed by atoms with Crippen molar-refractivity contribution in [2.45, 2.75) is 33.4 Å². The van der Waals surface area contributed by atoms with Crippen molar-refractivity contribution in [3.63, 3.8) is 0 Å². The number of anilines is 1. The van der Waals surface area contributed by atoms with E-state index in [0.29, 0.717) is 38.7 Å². The lowest BCUT2D eigenvalue weighted by atomic mass is 9.98. The molecule has 3 rings (SSSR count). The zero-order chi connectivity index (χ0) is 24.5. The van der Waals surface area contributed by atoms with Crippen LogP contribution in [0, 0.1) is 5.92 Å². The Balaban J connectivity index is 1.62. The molecular weight excluding hydrogens is 428 g/mol. The number of amides is 2. The maximum Gasteiger partial charge on any atom is 0.410 e. The largest absolute Gasteiger partial charge is 0.449 e. The van der Waals surface area contributed by atoms with Crippen LogP contribution in [0.4, 0.5) is 10.5 Å². The molecule has 0 fully saturated rings. The van der Waals surface area contributed by atoms with E-state index in [1.807, 2.05) is 69.2 Å². The number of ether oxygens (including phenoxy) is 1. The summed E-state index contributed by atoms with van der Waals surface area (Å²) in [6, 6.07) is 16.1. The molecule has 1 N–H and O–H groups in total. The molecule has 2 amide bonds. The minimum atomic E-state index is -0.259. The molecule has 2 aromatic rings. The second-order valence-electron chi connectivity index (χ2n) is 9.54. The average molecular weight is 467 g/mol. The van der Waals surface area contributed by atoms with Gasteiger partial charge in [-0.15, -0.1) is 0 Å². The van der Waals surface area contributed by atoms with Gasteiger partial charge < -0.3 is 24.8 Å². The second kappa shape index (κ2) is 12.4. The van der Waals surface area contributed by atoms with E-state index in [4.69, 9.17) is 4.74 Å². The van der Waals surface area contributed by atoms with Crippen molar-refractivity contribution in [3.05, 3.63) is 65.2 Å². The van der Waals surface area contributed by atoms with E-state index in [0.717, 1.165) is 29.8 Å². The van der Waals surface area contributed by atoms with Crippen LogP contribution in [-0.2, 0) is 29.0 Å². The molecule has 0 saturated carbocycles. The third-order valence-corrected chi connectivity index (χ3v) is 5.88. The summed E-state index contributed by atoms with van der Waals surface area (Å²) in [6.45, 7) is 7.92. The maximum absolute atomic E-state index is 13.1. The predicted octanol–water partition coefficient (Wildman–Crippen LogP) is 3.84. The number of nitrogens with zero attached hydrogens (tertiary/aromatic N) is 3. The monoisotopic (exact) mass is 466 g/mol. The van der Waals surface area contributed by atoms with E-state index in [1.165, 1.54) is 5.56 Å². The molecule has 1 heterocycles.